The first-order chi connectivity index (χ1) is 13.2. The van der Waals surface area contributed by atoms with Crippen LogP contribution in [-0.4, -0.2) is 66.9 Å². The van der Waals surface area contributed by atoms with Gasteiger partial charge in [-0.3, -0.25) is 4.79 Å². The van der Waals surface area contributed by atoms with Gasteiger partial charge in [0.25, 0.3) is 6.47 Å². The molecule has 0 amide bonds. The van der Waals surface area contributed by atoms with Crippen molar-refractivity contribution < 1.29 is 23.1 Å². The molecule has 2 aromatic rings. The van der Waals surface area contributed by atoms with Crippen LogP contribution in [0.3, 0.4) is 0 Å². The molecular formula is C19H27N3O5S. The molecule has 2 heterocycles. The molecule has 0 aliphatic carbocycles. The SMILES string of the molecule is Cc1cccc(-c2nccn2[C@@H]2COC[C@@H]2CS(=O)(=O)N(C)C)c1C.O=CO. The molecule has 1 N–H and O–H groups in total. The smallest absolute Gasteiger partial charge is 0.290 e. The van der Waals surface area contributed by atoms with E-state index in [-0.39, 0.29) is 24.2 Å². The van der Waals surface area contributed by atoms with E-state index < -0.39 is 10.0 Å². The Bertz CT molecular complexity index is 908. The van der Waals surface area contributed by atoms with Crippen molar-refractivity contribution >= 4 is 16.5 Å². The summed E-state index contributed by atoms with van der Waals surface area (Å²) in [6, 6.07) is 6.13. The Morgan fingerprint density at radius 2 is 2.00 bits per heavy atom. The van der Waals surface area contributed by atoms with Crippen molar-refractivity contribution in [2.75, 3.05) is 33.1 Å². The fourth-order valence-corrected chi connectivity index (χ4v) is 4.41. The van der Waals surface area contributed by atoms with E-state index >= 15 is 0 Å². The summed E-state index contributed by atoms with van der Waals surface area (Å²) in [5.41, 5.74) is 3.47. The van der Waals surface area contributed by atoms with Crippen LogP contribution in [0.15, 0.2) is 30.6 Å². The molecule has 154 valence electrons. The number of sulfonamides is 1. The van der Waals surface area contributed by atoms with E-state index in [1.807, 2.05) is 12.3 Å². The van der Waals surface area contributed by atoms with Gasteiger partial charge in [-0.25, -0.2) is 17.7 Å². The highest BCUT2D eigenvalue weighted by Gasteiger charge is 2.35. The molecule has 1 aliphatic rings. The molecule has 0 radical (unpaired) electrons. The van der Waals surface area contributed by atoms with Crippen LogP contribution in [-0.2, 0) is 19.6 Å². The van der Waals surface area contributed by atoms with Crippen molar-refractivity contribution in [1.29, 1.82) is 0 Å². The minimum absolute atomic E-state index is 0.0351. The number of hydrogen-bond donors (Lipinski definition) is 1. The predicted octanol–water partition coefficient (Wildman–Crippen LogP) is 1.95. The average molecular weight is 410 g/mol. The van der Waals surface area contributed by atoms with Gasteiger partial charge in [0, 0.05) is 38.0 Å². The minimum Gasteiger partial charge on any atom is -0.483 e. The third kappa shape index (κ3) is 4.78. The number of benzene rings is 1. The summed E-state index contributed by atoms with van der Waals surface area (Å²) in [5.74, 6) is 0.851. The highest BCUT2D eigenvalue weighted by Crippen LogP contribution is 2.33. The summed E-state index contributed by atoms with van der Waals surface area (Å²) in [7, 11) is -0.142. The maximum Gasteiger partial charge on any atom is 0.290 e. The van der Waals surface area contributed by atoms with Crippen LogP contribution in [0.2, 0.25) is 0 Å². The number of aryl methyl sites for hydroxylation is 1. The van der Waals surface area contributed by atoms with Gasteiger partial charge in [0.2, 0.25) is 10.0 Å². The van der Waals surface area contributed by atoms with Gasteiger partial charge in [-0.05, 0) is 25.0 Å². The molecule has 28 heavy (non-hydrogen) atoms. The number of hydrogen-bond acceptors (Lipinski definition) is 5. The maximum absolute atomic E-state index is 12.3. The topological polar surface area (TPSA) is 102 Å². The molecule has 1 aromatic carbocycles. The molecule has 3 rings (SSSR count). The highest BCUT2D eigenvalue weighted by molar-refractivity contribution is 7.89. The first-order valence-electron chi connectivity index (χ1n) is 8.88. The Morgan fingerprint density at radius 1 is 1.32 bits per heavy atom. The maximum atomic E-state index is 12.3. The van der Waals surface area contributed by atoms with E-state index in [0.717, 1.165) is 11.4 Å². The van der Waals surface area contributed by atoms with Gasteiger partial charge in [0.15, 0.2) is 0 Å². The Hall–Kier alpha value is -2.23. The fraction of sp³-hybridized carbons (Fsp3) is 0.474. The zero-order chi connectivity index (χ0) is 20.9. The quantitative estimate of drug-likeness (QED) is 0.758. The summed E-state index contributed by atoms with van der Waals surface area (Å²) in [6.45, 7) is 4.87. The molecule has 0 unspecified atom stereocenters. The number of ether oxygens (including phenoxy) is 1. The number of nitrogens with zero attached hydrogens (tertiary/aromatic N) is 3. The first-order valence-corrected chi connectivity index (χ1v) is 10.5. The van der Waals surface area contributed by atoms with Gasteiger partial charge in [0.05, 0.1) is 25.0 Å². The lowest BCUT2D eigenvalue weighted by atomic mass is 10.0. The zero-order valence-electron chi connectivity index (χ0n) is 16.6. The number of carbonyl (C=O) groups is 1. The van der Waals surface area contributed by atoms with Crippen molar-refractivity contribution in [3.05, 3.63) is 41.7 Å². The molecule has 1 aliphatic heterocycles. The van der Waals surface area contributed by atoms with Crippen LogP contribution < -0.4 is 0 Å². The third-order valence-corrected chi connectivity index (χ3v) is 6.98. The third-order valence-electron chi connectivity index (χ3n) is 5.02. The minimum atomic E-state index is -3.28. The number of carboxylic acid groups (broad SMARTS) is 1. The fourth-order valence-electron chi connectivity index (χ4n) is 3.26. The van der Waals surface area contributed by atoms with Gasteiger partial charge >= 0.3 is 0 Å². The number of imidazole rings is 1. The summed E-state index contributed by atoms with van der Waals surface area (Å²) >= 11 is 0. The summed E-state index contributed by atoms with van der Waals surface area (Å²) < 4.78 is 33.6. The lowest BCUT2D eigenvalue weighted by Gasteiger charge is -2.23. The molecule has 2 atom stereocenters. The van der Waals surface area contributed by atoms with E-state index in [0.29, 0.717) is 13.2 Å². The summed E-state index contributed by atoms with van der Waals surface area (Å²) in [5, 5.41) is 6.89. The van der Waals surface area contributed by atoms with Crippen LogP contribution in [0.1, 0.15) is 17.2 Å². The van der Waals surface area contributed by atoms with Crippen LogP contribution in [0.4, 0.5) is 0 Å². The second kappa shape index (κ2) is 9.31. The lowest BCUT2D eigenvalue weighted by molar-refractivity contribution is -0.122. The largest absolute Gasteiger partial charge is 0.483 e. The average Bonchev–Trinajstić information content (AvgIpc) is 3.26. The van der Waals surface area contributed by atoms with Crippen LogP contribution in [0, 0.1) is 19.8 Å². The van der Waals surface area contributed by atoms with Crippen LogP contribution in [0.25, 0.3) is 11.4 Å². The van der Waals surface area contributed by atoms with E-state index in [4.69, 9.17) is 14.6 Å². The Kier molecular flexibility index (Phi) is 7.34. The number of rotatable bonds is 5. The Labute approximate surface area is 165 Å². The normalized spacial score (nSPS) is 19.3. The zero-order valence-corrected chi connectivity index (χ0v) is 17.4. The van der Waals surface area contributed by atoms with E-state index in [1.165, 1.54) is 15.4 Å². The summed E-state index contributed by atoms with van der Waals surface area (Å²) in [4.78, 5) is 12.9. The number of aromatic nitrogens is 2. The molecular weight excluding hydrogens is 382 g/mol. The van der Waals surface area contributed by atoms with E-state index in [2.05, 4.69) is 35.5 Å². The van der Waals surface area contributed by atoms with Crippen LogP contribution >= 0.6 is 0 Å². The van der Waals surface area contributed by atoms with Gasteiger partial charge in [-0.15, -0.1) is 0 Å². The summed E-state index contributed by atoms with van der Waals surface area (Å²) in [6.07, 6.45) is 3.69. The first kappa shape index (κ1) is 22.1. The monoisotopic (exact) mass is 409 g/mol. The molecule has 1 saturated heterocycles. The van der Waals surface area contributed by atoms with Crippen molar-refractivity contribution in [2.24, 2.45) is 5.92 Å². The molecule has 0 spiro atoms. The molecule has 8 nitrogen and oxygen atoms in total. The van der Waals surface area contributed by atoms with Crippen molar-refractivity contribution in [2.45, 2.75) is 19.9 Å². The lowest BCUT2D eigenvalue weighted by Crippen LogP contribution is -2.32. The predicted molar refractivity (Wildman–Crippen MR) is 107 cm³/mol. The highest BCUT2D eigenvalue weighted by atomic mass is 32.2. The van der Waals surface area contributed by atoms with Gasteiger partial charge < -0.3 is 14.4 Å². The van der Waals surface area contributed by atoms with Crippen LogP contribution in [0.5, 0.6) is 0 Å². The van der Waals surface area contributed by atoms with Gasteiger partial charge in [-0.2, -0.15) is 0 Å². The molecule has 9 heteroatoms. The Balaban J connectivity index is 0.000000878. The van der Waals surface area contributed by atoms with Crippen molar-refractivity contribution in [1.82, 2.24) is 13.9 Å². The van der Waals surface area contributed by atoms with E-state index in [1.54, 1.807) is 20.3 Å². The van der Waals surface area contributed by atoms with Crippen molar-refractivity contribution in [3.63, 3.8) is 0 Å². The Morgan fingerprint density at radius 3 is 2.64 bits per heavy atom. The second-order valence-electron chi connectivity index (χ2n) is 6.94. The molecule has 0 saturated carbocycles. The molecule has 0 bridgehead atoms. The molecule has 1 aromatic heterocycles. The van der Waals surface area contributed by atoms with Crippen molar-refractivity contribution in [3.8, 4) is 11.4 Å². The molecule has 1 fully saturated rings. The second-order valence-corrected chi connectivity index (χ2v) is 9.16. The standard InChI is InChI=1S/C18H25N3O3S.CH2O2/c1-13-6-5-7-16(14(13)2)18-19-8-9-21(18)17-11-24-10-15(17)12-25(22,23)20(3)4;2-1-3/h5-9,15,17H,10-12H2,1-4H3;1H,(H,2,3)/t15-,17-;/m1./s1. The van der Waals surface area contributed by atoms with Gasteiger partial charge in [-0.1, -0.05) is 18.2 Å². The van der Waals surface area contributed by atoms with Gasteiger partial charge in [0.1, 0.15) is 5.82 Å². The van der Waals surface area contributed by atoms with E-state index in [9.17, 15) is 8.42 Å².